The number of ether oxygens (including phenoxy) is 1. The molecule has 4 atom stereocenters. The van der Waals surface area contributed by atoms with Gasteiger partial charge < -0.3 is 15.0 Å². The maximum absolute atomic E-state index is 12.8. The van der Waals surface area contributed by atoms with Gasteiger partial charge in [0.05, 0.1) is 6.10 Å². The predicted molar refractivity (Wildman–Crippen MR) is 97.1 cm³/mol. The first-order valence-electron chi connectivity index (χ1n) is 9.22. The predicted octanol–water partition coefficient (Wildman–Crippen LogP) is 3.24. The molecule has 0 aromatic carbocycles. The van der Waals surface area contributed by atoms with Crippen molar-refractivity contribution >= 4 is 18.3 Å². The van der Waals surface area contributed by atoms with Gasteiger partial charge >= 0.3 is 0 Å². The van der Waals surface area contributed by atoms with Gasteiger partial charge in [-0.2, -0.15) is 0 Å². The van der Waals surface area contributed by atoms with Crippen LogP contribution in [0.1, 0.15) is 58.8 Å². The van der Waals surface area contributed by atoms with Crippen molar-refractivity contribution < 1.29 is 9.53 Å². The molecule has 0 aromatic heterocycles. The van der Waals surface area contributed by atoms with Gasteiger partial charge in [-0.05, 0) is 57.5 Å². The molecule has 1 amide bonds. The smallest absolute Gasteiger partial charge is 0.251 e. The lowest BCUT2D eigenvalue weighted by Gasteiger charge is -2.36. The summed E-state index contributed by atoms with van der Waals surface area (Å²) in [5.41, 5.74) is 0. The first kappa shape index (κ1) is 20.7. The lowest BCUT2D eigenvalue weighted by molar-refractivity contribution is -0.151. The highest BCUT2D eigenvalue weighted by Crippen LogP contribution is 2.27. The number of carbonyl (C=O) groups is 1. The lowest BCUT2D eigenvalue weighted by Crippen LogP contribution is -2.48. The molecular formula is C18H35ClN2O2. The molecule has 1 saturated carbocycles. The van der Waals surface area contributed by atoms with E-state index in [2.05, 4.69) is 19.2 Å². The van der Waals surface area contributed by atoms with Crippen molar-refractivity contribution in [3.63, 3.8) is 0 Å². The topological polar surface area (TPSA) is 41.6 Å². The van der Waals surface area contributed by atoms with Gasteiger partial charge in [-0.15, -0.1) is 12.4 Å². The Balaban J connectivity index is 0.00000264. The third kappa shape index (κ3) is 6.24. The number of piperidine rings is 1. The Bertz CT molecular complexity index is 352. The van der Waals surface area contributed by atoms with E-state index in [1.807, 2.05) is 11.9 Å². The Morgan fingerprint density at radius 2 is 2.09 bits per heavy atom. The lowest BCUT2D eigenvalue weighted by atomic mass is 9.88. The van der Waals surface area contributed by atoms with Crippen LogP contribution in [0.25, 0.3) is 0 Å². The number of hydrogen-bond donors (Lipinski definition) is 1. The molecule has 2 fully saturated rings. The van der Waals surface area contributed by atoms with Crippen LogP contribution in [0.2, 0.25) is 0 Å². The fourth-order valence-electron chi connectivity index (χ4n) is 3.99. The number of amides is 1. The zero-order valence-electron chi connectivity index (χ0n) is 15.1. The normalized spacial score (nSPS) is 29.7. The van der Waals surface area contributed by atoms with Crippen LogP contribution in [0.15, 0.2) is 0 Å². The molecule has 0 aromatic rings. The zero-order chi connectivity index (χ0) is 15.9. The first-order chi connectivity index (χ1) is 10.6. The summed E-state index contributed by atoms with van der Waals surface area (Å²) in [4.78, 5) is 14.9. The van der Waals surface area contributed by atoms with E-state index in [-0.39, 0.29) is 30.5 Å². The van der Waals surface area contributed by atoms with Gasteiger partial charge in [-0.1, -0.05) is 26.7 Å². The second-order valence-corrected chi connectivity index (χ2v) is 7.28. The highest BCUT2D eigenvalue weighted by atomic mass is 35.5. The van der Waals surface area contributed by atoms with Crippen LogP contribution in [0.4, 0.5) is 0 Å². The molecular weight excluding hydrogens is 312 g/mol. The number of halogens is 1. The van der Waals surface area contributed by atoms with Crippen molar-refractivity contribution in [2.75, 3.05) is 26.7 Å². The molecule has 23 heavy (non-hydrogen) atoms. The maximum Gasteiger partial charge on any atom is 0.251 e. The number of rotatable bonds is 6. The number of hydrogen-bond acceptors (Lipinski definition) is 3. The van der Waals surface area contributed by atoms with Crippen LogP contribution >= 0.6 is 12.4 Å². The SMILES string of the molecule is CCC(OC1CCCC(C)C1)C(=O)N1CCCC(CNC)C1.Cl. The van der Waals surface area contributed by atoms with Crippen molar-refractivity contribution in [1.29, 1.82) is 0 Å². The third-order valence-electron chi connectivity index (χ3n) is 5.21. The minimum Gasteiger partial charge on any atom is -0.365 e. The van der Waals surface area contributed by atoms with E-state index in [1.54, 1.807) is 0 Å². The molecule has 0 radical (unpaired) electrons. The summed E-state index contributed by atoms with van der Waals surface area (Å²) < 4.78 is 6.21. The van der Waals surface area contributed by atoms with Gasteiger partial charge in [0.25, 0.3) is 5.91 Å². The average molecular weight is 347 g/mol. The van der Waals surface area contributed by atoms with E-state index in [1.165, 1.54) is 19.3 Å². The minimum absolute atomic E-state index is 0. The van der Waals surface area contributed by atoms with Gasteiger partial charge in [-0.3, -0.25) is 4.79 Å². The maximum atomic E-state index is 12.8. The third-order valence-corrected chi connectivity index (χ3v) is 5.21. The van der Waals surface area contributed by atoms with Crippen LogP contribution in [-0.2, 0) is 9.53 Å². The molecule has 4 nitrogen and oxygen atoms in total. The molecule has 4 unspecified atom stereocenters. The van der Waals surface area contributed by atoms with E-state index in [4.69, 9.17) is 4.74 Å². The fraction of sp³-hybridized carbons (Fsp3) is 0.944. The highest BCUT2D eigenvalue weighted by molar-refractivity contribution is 5.85. The van der Waals surface area contributed by atoms with E-state index < -0.39 is 0 Å². The molecule has 5 heteroatoms. The summed E-state index contributed by atoms with van der Waals surface area (Å²) in [5, 5.41) is 3.24. The van der Waals surface area contributed by atoms with Crippen molar-refractivity contribution in [2.24, 2.45) is 11.8 Å². The summed E-state index contributed by atoms with van der Waals surface area (Å²) in [6, 6.07) is 0. The van der Waals surface area contributed by atoms with E-state index in [0.717, 1.165) is 51.2 Å². The van der Waals surface area contributed by atoms with Gasteiger partial charge in [0, 0.05) is 13.1 Å². The molecule has 0 spiro atoms. The summed E-state index contributed by atoms with van der Waals surface area (Å²) in [6.45, 7) is 7.16. The fourth-order valence-corrected chi connectivity index (χ4v) is 3.99. The second-order valence-electron chi connectivity index (χ2n) is 7.28. The van der Waals surface area contributed by atoms with Crippen LogP contribution in [0, 0.1) is 11.8 Å². The van der Waals surface area contributed by atoms with Crippen LogP contribution < -0.4 is 5.32 Å². The summed E-state index contributed by atoms with van der Waals surface area (Å²) in [6.07, 6.45) is 7.98. The molecule has 0 bridgehead atoms. The Morgan fingerprint density at radius 1 is 1.30 bits per heavy atom. The molecule has 1 saturated heterocycles. The van der Waals surface area contributed by atoms with Gasteiger partial charge in [0.2, 0.25) is 0 Å². The molecule has 1 heterocycles. The Morgan fingerprint density at radius 3 is 2.74 bits per heavy atom. The average Bonchev–Trinajstić information content (AvgIpc) is 2.52. The minimum atomic E-state index is -0.233. The Labute approximate surface area is 148 Å². The second kappa shape index (κ2) is 10.5. The van der Waals surface area contributed by atoms with Crippen molar-refractivity contribution in [3.05, 3.63) is 0 Å². The summed E-state index contributed by atoms with van der Waals surface area (Å²) in [7, 11) is 1.99. The standard InChI is InChI=1S/C18H34N2O2.ClH/c1-4-17(22-16-9-5-7-14(2)11-16)18(21)20-10-6-8-15(13-20)12-19-3;/h14-17,19H,4-13H2,1-3H3;1H. The zero-order valence-corrected chi connectivity index (χ0v) is 15.9. The van der Waals surface area contributed by atoms with Gasteiger partial charge in [-0.25, -0.2) is 0 Å². The number of likely N-dealkylation sites (tertiary alicyclic amines) is 1. The number of carbonyl (C=O) groups excluding carboxylic acids is 1. The first-order valence-corrected chi connectivity index (χ1v) is 9.22. The summed E-state index contributed by atoms with van der Waals surface area (Å²) >= 11 is 0. The molecule has 2 rings (SSSR count). The summed E-state index contributed by atoms with van der Waals surface area (Å²) in [5.74, 6) is 1.55. The highest BCUT2D eigenvalue weighted by Gasteiger charge is 2.31. The Hall–Kier alpha value is -0.320. The molecule has 1 N–H and O–H groups in total. The largest absolute Gasteiger partial charge is 0.365 e. The van der Waals surface area contributed by atoms with Crippen molar-refractivity contribution in [3.8, 4) is 0 Å². The van der Waals surface area contributed by atoms with Gasteiger partial charge in [0.1, 0.15) is 6.10 Å². The van der Waals surface area contributed by atoms with Crippen LogP contribution in [-0.4, -0.2) is 49.7 Å². The van der Waals surface area contributed by atoms with E-state index in [0.29, 0.717) is 5.92 Å². The molecule has 1 aliphatic heterocycles. The van der Waals surface area contributed by atoms with Crippen molar-refractivity contribution in [1.82, 2.24) is 10.2 Å². The number of nitrogens with one attached hydrogen (secondary N) is 1. The van der Waals surface area contributed by atoms with Crippen molar-refractivity contribution in [2.45, 2.75) is 71.0 Å². The van der Waals surface area contributed by atoms with Crippen LogP contribution in [0.3, 0.4) is 0 Å². The molecule has 2 aliphatic rings. The quantitative estimate of drug-likeness (QED) is 0.802. The van der Waals surface area contributed by atoms with Crippen LogP contribution in [0.5, 0.6) is 0 Å². The monoisotopic (exact) mass is 346 g/mol. The van der Waals surface area contributed by atoms with E-state index >= 15 is 0 Å². The molecule has 1 aliphatic carbocycles. The number of nitrogens with zero attached hydrogens (tertiary/aromatic N) is 1. The van der Waals surface area contributed by atoms with Gasteiger partial charge in [0.15, 0.2) is 0 Å². The Kier molecular flexibility index (Phi) is 9.48. The van der Waals surface area contributed by atoms with E-state index in [9.17, 15) is 4.79 Å². The molecule has 136 valence electrons.